The molecule has 0 spiro atoms. The van der Waals surface area contributed by atoms with Crippen LogP contribution in [0.1, 0.15) is 76.3 Å². The fourth-order valence-corrected chi connectivity index (χ4v) is 4.88. The maximum atomic E-state index is 10.9. The fraction of sp³-hybridized carbons (Fsp3) is 0.609. The average molecular weight is 387 g/mol. The average Bonchev–Trinajstić information content (AvgIpc) is 3.03. The van der Waals surface area contributed by atoms with Crippen LogP contribution < -0.4 is 0 Å². The number of piperidine rings is 1. The molecule has 0 bridgehead atoms. The van der Waals surface area contributed by atoms with Crippen LogP contribution in [0, 0.1) is 0 Å². The van der Waals surface area contributed by atoms with Gasteiger partial charge in [0.15, 0.2) is 0 Å². The molecule has 148 valence electrons. The summed E-state index contributed by atoms with van der Waals surface area (Å²) in [5.74, 6) is 1.07. The molecule has 1 N–H and O–H groups in total. The van der Waals surface area contributed by atoms with Crippen LogP contribution in [0.4, 0.5) is 0 Å². The van der Waals surface area contributed by atoms with Crippen LogP contribution in [0.5, 0.6) is 5.75 Å². The lowest BCUT2D eigenvalue weighted by molar-refractivity contribution is 0.257. The summed E-state index contributed by atoms with van der Waals surface area (Å²) in [4.78, 5) is 8.59. The summed E-state index contributed by atoms with van der Waals surface area (Å²) in [5.41, 5.74) is 2.90. The van der Waals surface area contributed by atoms with E-state index in [0.29, 0.717) is 11.7 Å². The number of phenols is 1. The van der Waals surface area contributed by atoms with E-state index in [-0.39, 0.29) is 10.8 Å². The van der Waals surface area contributed by atoms with E-state index in [4.69, 9.17) is 4.98 Å². The molecule has 2 aromatic rings. The number of hydrogen-bond donors (Lipinski definition) is 1. The maximum absolute atomic E-state index is 10.9. The molecule has 0 amide bonds. The van der Waals surface area contributed by atoms with Gasteiger partial charge in [-0.3, -0.25) is 0 Å². The van der Waals surface area contributed by atoms with Crippen molar-refractivity contribution in [2.75, 3.05) is 20.1 Å². The molecule has 3 rings (SSSR count). The van der Waals surface area contributed by atoms with Crippen molar-refractivity contribution in [1.82, 2.24) is 9.88 Å². The second-order valence-electron chi connectivity index (χ2n) is 10.1. The Bertz CT molecular complexity index is 768. The number of thiazole rings is 1. The Balaban J connectivity index is 2.02. The van der Waals surface area contributed by atoms with Crippen molar-refractivity contribution in [2.24, 2.45) is 0 Å². The van der Waals surface area contributed by atoms with Gasteiger partial charge in [0.25, 0.3) is 0 Å². The van der Waals surface area contributed by atoms with Crippen LogP contribution >= 0.6 is 11.3 Å². The number of likely N-dealkylation sites (tertiary alicyclic amines) is 1. The highest BCUT2D eigenvalue weighted by Gasteiger charge is 2.28. The molecule has 1 saturated heterocycles. The molecule has 1 aromatic heterocycles. The number of hydrogen-bond acceptors (Lipinski definition) is 4. The monoisotopic (exact) mass is 386 g/mol. The first-order valence-corrected chi connectivity index (χ1v) is 10.8. The summed E-state index contributed by atoms with van der Waals surface area (Å²) >= 11 is 1.83. The quantitative estimate of drug-likeness (QED) is 0.696. The molecular formula is C23H34N2OS. The highest BCUT2D eigenvalue weighted by Crippen LogP contribution is 2.43. The Morgan fingerprint density at radius 1 is 1.00 bits per heavy atom. The van der Waals surface area contributed by atoms with E-state index < -0.39 is 0 Å². The van der Waals surface area contributed by atoms with Gasteiger partial charge in [-0.1, -0.05) is 41.5 Å². The molecule has 1 aliphatic rings. The third-order valence-corrected chi connectivity index (χ3v) is 6.83. The second-order valence-corrected chi connectivity index (χ2v) is 11.1. The van der Waals surface area contributed by atoms with Crippen LogP contribution in [-0.2, 0) is 10.8 Å². The molecule has 2 heterocycles. The zero-order chi connectivity index (χ0) is 20.0. The molecule has 0 aliphatic carbocycles. The minimum Gasteiger partial charge on any atom is -0.507 e. The first-order chi connectivity index (χ1) is 12.5. The summed E-state index contributed by atoms with van der Waals surface area (Å²) < 4.78 is 0. The van der Waals surface area contributed by atoms with E-state index in [2.05, 4.69) is 71.8 Å². The molecule has 4 heteroatoms. The summed E-state index contributed by atoms with van der Waals surface area (Å²) in [6.45, 7) is 15.3. The van der Waals surface area contributed by atoms with Gasteiger partial charge in [0.2, 0.25) is 0 Å². The topological polar surface area (TPSA) is 36.4 Å². The van der Waals surface area contributed by atoms with Gasteiger partial charge in [-0.05, 0) is 61.9 Å². The third kappa shape index (κ3) is 4.38. The molecule has 0 radical (unpaired) electrons. The predicted molar refractivity (Wildman–Crippen MR) is 116 cm³/mol. The lowest BCUT2D eigenvalue weighted by Crippen LogP contribution is -2.28. The number of aromatic hydroxyl groups is 1. The summed E-state index contributed by atoms with van der Waals surface area (Å²) in [6.07, 6.45) is 4.51. The molecule has 1 aromatic carbocycles. The van der Waals surface area contributed by atoms with Crippen molar-refractivity contribution in [3.8, 4) is 16.3 Å². The van der Waals surface area contributed by atoms with Gasteiger partial charge in [-0.2, -0.15) is 0 Å². The molecule has 0 atom stereocenters. The smallest absolute Gasteiger partial charge is 0.123 e. The van der Waals surface area contributed by atoms with Crippen molar-refractivity contribution >= 4 is 11.3 Å². The first-order valence-electron chi connectivity index (χ1n) is 9.99. The lowest BCUT2D eigenvalue weighted by atomic mass is 9.78. The molecule has 0 unspecified atom stereocenters. The number of nitrogens with zero attached hydrogens (tertiary/aromatic N) is 2. The molecular weight excluding hydrogens is 352 g/mol. The Kier molecular flexibility index (Phi) is 5.44. The normalized spacial score (nSPS) is 17.4. The zero-order valence-corrected chi connectivity index (χ0v) is 18.7. The third-order valence-electron chi connectivity index (χ3n) is 5.62. The van der Waals surface area contributed by atoms with Gasteiger partial charge in [0.1, 0.15) is 10.8 Å². The largest absolute Gasteiger partial charge is 0.507 e. The zero-order valence-electron chi connectivity index (χ0n) is 17.9. The van der Waals surface area contributed by atoms with E-state index in [0.717, 1.165) is 21.7 Å². The van der Waals surface area contributed by atoms with Gasteiger partial charge in [-0.15, -0.1) is 11.3 Å². The number of aromatic nitrogens is 1. The molecule has 27 heavy (non-hydrogen) atoms. The van der Waals surface area contributed by atoms with Crippen LogP contribution in [0.25, 0.3) is 10.6 Å². The standard InChI is InChI=1S/C23H34N2OS/c1-22(2,3)17-12-16(13-18(20(17)26)23(4,5)6)21-24-14-19(27-21)15-8-10-25(7)11-9-15/h12-15,26H,8-11H2,1-7H3. The van der Waals surface area contributed by atoms with Crippen LogP contribution in [0.15, 0.2) is 18.3 Å². The van der Waals surface area contributed by atoms with Crippen molar-refractivity contribution in [3.63, 3.8) is 0 Å². The van der Waals surface area contributed by atoms with E-state index in [1.807, 2.05) is 11.3 Å². The van der Waals surface area contributed by atoms with E-state index >= 15 is 0 Å². The van der Waals surface area contributed by atoms with Gasteiger partial charge in [-0.25, -0.2) is 4.98 Å². The Hall–Kier alpha value is -1.39. The van der Waals surface area contributed by atoms with Crippen LogP contribution in [0.2, 0.25) is 0 Å². The van der Waals surface area contributed by atoms with Crippen LogP contribution in [-0.4, -0.2) is 35.1 Å². The molecule has 0 saturated carbocycles. The van der Waals surface area contributed by atoms with Gasteiger partial charge < -0.3 is 10.0 Å². The SMILES string of the molecule is CN1CCC(c2cnc(-c3cc(C(C)(C)C)c(O)c(C(C)(C)C)c3)s2)CC1. The Morgan fingerprint density at radius 2 is 1.52 bits per heavy atom. The first kappa shape index (κ1) is 20.3. The second kappa shape index (κ2) is 7.21. The van der Waals surface area contributed by atoms with Gasteiger partial charge >= 0.3 is 0 Å². The van der Waals surface area contributed by atoms with Gasteiger partial charge in [0, 0.05) is 27.8 Å². The molecule has 1 aliphatic heterocycles. The number of rotatable bonds is 2. The van der Waals surface area contributed by atoms with Crippen molar-refractivity contribution in [2.45, 2.75) is 71.1 Å². The minimum absolute atomic E-state index is 0.117. The lowest BCUT2D eigenvalue weighted by Gasteiger charge is -2.28. The summed E-state index contributed by atoms with van der Waals surface area (Å²) in [5, 5.41) is 12.0. The molecule has 3 nitrogen and oxygen atoms in total. The van der Waals surface area contributed by atoms with E-state index in [1.165, 1.54) is 30.8 Å². The highest BCUT2D eigenvalue weighted by molar-refractivity contribution is 7.15. The van der Waals surface area contributed by atoms with E-state index in [9.17, 15) is 5.11 Å². The van der Waals surface area contributed by atoms with E-state index in [1.54, 1.807) is 0 Å². The van der Waals surface area contributed by atoms with Gasteiger partial charge in [0.05, 0.1) is 0 Å². The van der Waals surface area contributed by atoms with Crippen molar-refractivity contribution in [1.29, 1.82) is 0 Å². The Labute approximate surface area is 168 Å². The molecule has 1 fully saturated rings. The maximum Gasteiger partial charge on any atom is 0.123 e. The Morgan fingerprint density at radius 3 is 2.00 bits per heavy atom. The minimum atomic E-state index is -0.117. The van der Waals surface area contributed by atoms with Crippen LogP contribution in [0.3, 0.4) is 0 Å². The number of benzene rings is 1. The number of phenolic OH excluding ortho intramolecular Hbond substituents is 1. The summed E-state index contributed by atoms with van der Waals surface area (Å²) in [7, 11) is 2.20. The van der Waals surface area contributed by atoms with Crippen molar-refractivity contribution < 1.29 is 5.11 Å². The predicted octanol–water partition coefficient (Wildman–Crippen LogP) is 5.92. The van der Waals surface area contributed by atoms with Crippen molar-refractivity contribution in [3.05, 3.63) is 34.3 Å². The summed E-state index contributed by atoms with van der Waals surface area (Å²) in [6, 6.07) is 4.28. The fourth-order valence-electron chi connectivity index (χ4n) is 3.80. The highest BCUT2D eigenvalue weighted by atomic mass is 32.1.